The molecule has 0 amide bonds. The number of carbonyl (C=O) groups is 4. The molecular weight excluding hydrogens is 336 g/mol. The lowest BCUT2D eigenvalue weighted by molar-refractivity contribution is -0.210. The van der Waals surface area contributed by atoms with Gasteiger partial charge in [0.05, 0.1) is 11.1 Å². The standard InChI is InChI=1S/C11H6F4O8/c12-10(8(22)23)2-3(5(16)17)9(7(20)21,11(13,14)15)1-4(10)6(18)19/h1-2H,(H,16,17)(H,18,19)(H,20,21)(H,22,23). The van der Waals surface area contributed by atoms with Crippen LogP contribution in [0.25, 0.3) is 0 Å². The second-order valence-electron chi connectivity index (χ2n) is 4.35. The summed E-state index contributed by atoms with van der Waals surface area (Å²) in [4.78, 5) is 43.7. The Hall–Kier alpha value is -2.92. The number of rotatable bonds is 4. The van der Waals surface area contributed by atoms with Crippen molar-refractivity contribution in [1.29, 1.82) is 0 Å². The SMILES string of the molecule is O=C(O)C1=CC(C(=O)O)(C(F)(F)F)C(C(=O)O)=CC1(F)C(=O)O. The Balaban J connectivity index is 3.98. The first kappa shape index (κ1) is 18.1. The molecule has 0 aliphatic heterocycles. The van der Waals surface area contributed by atoms with Gasteiger partial charge in [-0.2, -0.15) is 13.2 Å². The predicted molar refractivity (Wildman–Crippen MR) is 59.0 cm³/mol. The fourth-order valence-corrected chi connectivity index (χ4v) is 1.95. The van der Waals surface area contributed by atoms with Crippen LogP contribution in [0.1, 0.15) is 0 Å². The number of alkyl halides is 4. The molecule has 8 nitrogen and oxygen atoms in total. The van der Waals surface area contributed by atoms with Gasteiger partial charge in [-0.05, 0) is 12.2 Å². The lowest BCUT2D eigenvalue weighted by Crippen LogP contribution is -2.53. The predicted octanol–water partition coefficient (Wildman–Crippen LogP) is 0.448. The van der Waals surface area contributed by atoms with E-state index >= 15 is 0 Å². The maximum Gasteiger partial charge on any atom is 0.412 e. The van der Waals surface area contributed by atoms with Gasteiger partial charge in [0.15, 0.2) is 0 Å². The van der Waals surface area contributed by atoms with E-state index in [9.17, 15) is 36.7 Å². The number of hydrogen-bond acceptors (Lipinski definition) is 4. The van der Waals surface area contributed by atoms with Crippen LogP contribution in [0.3, 0.4) is 0 Å². The molecule has 0 fully saturated rings. The molecule has 0 spiro atoms. The molecule has 0 aromatic heterocycles. The number of carboxylic acid groups (broad SMARTS) is 4. The first-order chi connectivity index (χ1) is 10.2. The van der Waals surface area contributed by atoms with E-state index in [1.54, 1.807) is 0 Å². The quantitative estimate of drug-likeness (QED) is 0.538. The average molecular weight is 342 g/mol. The zero-order valence-corrected chi connectivity index (χ0v) is 10.6. The highest BCUT2D eigenvalue weighted by Gasteiger charge is 2.68. The first-order valence-corrected chi connectivity index (χ1v) is 5.37. The molecule has 0 heterocycles. The zero-order valence-electron chi connectivity index (χ0n) is 10.6. The van der Waals surface area contributed by atoms with Crippen molar-refractivity contribution in [1.82, 2.24) is 0 Å². The van der Waals surface area contributed by atoms with Gasteiger partial charge >= 0.3 is 30.1 Å². The second-order valence-corrected chi connectivity index (χ2v) is 4.35. The van der Waals surface area contributed by atoms with Gasteiger partial charge in [-0.3, -0.25) is 4.79 Å². The van der Waals surface area contributed by atoms with Crippen molar-refractivity contribution in [3.05, 3.63) is 23.3 Å². The van der Waals surface area contributed by atoms with Crippen molar-refractivity contribution in [2.45, 2.75) is 11.8 Å². The second kappa shape index (κ2) is 5.07. The summed E-state index contributed by atoms with van der Waals surface area (Å²) in [6, 6.07) is 0. The van der Waals surface area contributed by atoms with Gasteiger partial charge in [-0.1, -0.05) is 0 Å². The van der Waals surface area contributed by atoms with Gasteiger partial charge in [0.25, 0.3) is 5.67 Å². The van der Waals surface area contributed by atoms with Gasteiger partial charge in [0.1, 0.15) is 0 Å². The topological polar surface area (TPSA) is 149 Å². The third-order valence-electron chi connectivity index (χ3n) is 3.08. The smallest absolute Gasteiger partial charge is 0.412 e. The molecule has 12 heteroatoms. The first-order valence-electron chi connectivity index (χ1n) is 5.37. The summed E-state index contributed by atoms with van der Waals surface area (Å²) in [7, 11) is 0. The molecule has 1 aliphatic rings. The fraction of sp³-hybridized carbons (Fsp3) is 0.273. The monoisotopic (exact) mass is 342 g/mol. The van der Waals surface area contributed by atoms with E-state index in [1.807, 2.05) is 0 Å². The highest BCUT2D eigenvalue weighted by molar-refractivity contribution is 6.07. The van der Waals surface area contributed by atoms with Gasteiger partial charge in [0.2, 0.25) is 5.41 Å². The molecular formula is C11H6F4O8. The van der Waals surface area contributed by atoms with E-state index in [1.165, 1.54) is 0 Å². The summed E-state index contributed by atoms with van der Waals surface area (Å²) < 4.78 is 53.7. The lowest BCUT2D eigenvalue weighted by atomic mass is 9.70. The van der Waals surface area contributed by atoms with Crippen LogP contribution < -0.4 is 0 Å². The van der Waals surface area contributed by atoms with Gasteiger partial charge in [-0.15, -0.1) is 0 Å². The molecule has 0 bridgehead atoms. The molecule has 2 unspecified atom stereocenters. The van der Waals surface area contributed by atoms with Crippen molar-refractivity contribution in [3.8, 4) is 0 Å². The molecule has 23 heavy (non-hydrogen) atoms. The molecule has 2 atom stereocenters. The van der Waals surface area contributed by atoms with Crippen molar-refractivity contribution in [2.75, 3.05) is 0 Å². The molecule has 4 N–H and O–H groups in total. The molecule has 1 rings (SSSR count). The van der Waals surface area contributed by atoms with E-state index in [0.717, 1.165) is 0 Å². The van der Waals surface area contributed by atoms with E-state index in [2.05, 4.69) is 0 Å². The third-order valence-corrected chi connectivity index (χ3v) is 3.08. The maximum atomic E-state index is 14.3. The molecule has 0 radical (unpaired) electrons. The van der Waals surface area contributed by atoms with Crippen LogP contribution in [-0.4, -0.2) is 56.1 Å². The summed E-state index contributed by atoms with van der Waals surface area (Å²) in [5.74, 6) is -10.5. The Morgan fingerprint density at radius 3 is 1.52 bits per heavy atom. The van der Waals surface area contributed by atoms with Crippen molar-refractivity contribution >= 4 is 23.9 Å². The molecule has 0 aromatic rings. The van der Waals surface area contributed by atoms with Gasteiger partial charge < -0.3 is 20.4 Å². The van der Waals surface area contributed by atoms with E-state index < -0.39 is 64.4 Å². The average Bonchev–Trinajstić information content (AvgIpc) is 2.35. The zero-order chi connectivity index (χ0) is 18.4. The summed E-state index contributed by atoms with van der Waals surface area (Å²) in [5.41, 5.74) is -12.8. The molecule has 1 aliphatic carbocycles. The Morgan fingerprint density at radius 1 is 0.826 bits per heavy atom. The van der Waals surface area contributed by atoms with Crippen LogP contribution in [0.15, 0.2) is 23.3 Å². The summed E-state index contributed by atoms with van der Waals surface area (Å²) >= 11 is 0. The van der Waals surface area contributed by atoms with Crippen molar-refractivity contribution in [3.63, 3.8) is 0 Å². The van der Waals surface area contributed by atoms with E-state index in [4.69, 9.17) is 20.4 Å². The molecule has 0 saturated heterocycles. The minimum Gasteiger partial charge on any atom is -0.480 e. The summed E-state index contributed by atoms with van der Waals surface area (Å²) in [6.45, 7) is 0. The minimum absolute atomic E-state index is 0.678. The largest absolute Gasteiger partial charge is 0.480 e. The fourth-order valence-electron chi connectivity index (χ4n) is 1.95. The lowest BCUT2D eigenvalue weighted by Gasteiger charge is -2.35. The highest BCUT2D eigenvalue weighted by Crippen LogP contribution is 2.51. The molecule has 0 saturated carbocycles. The van der Waals surface area contributed by atoms with Crippen molar-refractivity contribution in [2.24, 2.45) is 5.41 Å². The molecule has 126 valence electrons. The number of halogens is 4. The van der Waals surface area contributed by atoms with Gasteiger partial charge in [-0.25, -0.2) is 18.8 Å². The van der Waals surface area contributed by atoms with Crippen LogP contribution >= 0.6 is 0 Å². The Bertz CT molecular complexity index is 676. The van der Waals surface area contributed by atoms with Gasteiger partial charge in [0, 0.05) is 0 Å². The summed E-state index contributed by atoms with van der Waals surface area (Å²) in [6.07, 6.45) is -7.32. The minimum atomic E-state index is -5.89. The number of hydrogen-bond donors (Lipinski definition) is 4. The van der Waals surface area contributed by atoms with Crippen LogP contribution in [0.4, 0.5) is 17.6 Å². The number of carboxylic acids is 4. The van der Waals surface area contributed by atoms with Crippen LogP contribution in [0, 0.1) is 5.41 Å². The summed E-state index contributed by atoms with van der Waals surface area (Å²) in [5, 5.41) is 35.0. The normalized spacial score (nSPS) is 27.7. The Morgan fingerprint density at radius 2 is 1.26 bits per heavy atom. The van der Waals surface area contributed by atoms with Crippen LogP contribution in [0.2, 0.25) is 0 Å². The van der Waals surface area contributed by atoms with Crippen molar-refractivity contribution < 1.29 is 57.2 Å². The van der Waals surface area contributed by atoms with Crippen LogP contribution in [0.5, 0.6) is 0 Å². The molecule has 0 aromatic carbocycles. The third kappa shape index (κ3) is 2.41. The van der Waals surface area contributed by atoms with E-state index in [-0.39, 0.29) is 0 Å². The van der Waals surface area contributed by atoms with E-state index in [0.29, 0.717) is 0 Å². The number of aliphatic carboxylic acids is 4. The Kier molecular flexibility index (Phi) is 4.00. The van der Waals surface area contributed by atoms with Crippen LogP contribution in [-0.2, 0) is 19.2 Å². The highest BCUT2D eigenvalue weighted by atomic mass is 19.4. The Labute approximate surface area is 122 Å². The maximum absolute atomic E-state index is 14.3.